The Labute approximate surface area is 92.2 Å². The number of amides is 1. The molecule has 1 atom stereocenters. The standard InChI is InChI=1S/C12H20N2O/c1-4-6-12(15)14(10(2)3)9-11-7-5-8-13-11/h1,10-11,13H,5-9H2,2-3H3. The molecule has 1 aliphatic heterocycles. The first kappa shape index (κ1) is 12.1. The number of hydrogen-bond donors (Lipinski definition) is 1. The summed E-state index contributed by atoms with van der Waals surface area (Å²) in [6.45, 7) is 5.92. The van der Waals surface area contributed by atoms with Gasteiger partial charge in [-0.1, -0.05) is 5.92 Å². The van der Waals surface area contributed by atoms with Gasteiger partial charge in [-0.2, -0.15) is 0 Å². The van der Waals surface area contributed by atoms with Crippen LogP contribution in [0.5, 0.6) is 0 Å². The van der Waals surface area contributed by atoms with Gasteiger partial charge in [-0.05, 0) is 33.2 Å². The molecule has 0 aromatic heterocycles. The quantitative estimate of drug-likeness (QED) is 0.699. The molecule has 1 unspecified atom stereocenters. The van der Waals surface area contributed by atoms with Crippen LogP contribution in [-0.2, 0) is 4.79 Å². The van der Waals surface area contributed by atoms with Crippen molar-refractivity contribution in [2.24, 2.45) is 0 Å². The Kier molecular flexibility index (Phi) is 4.64. The minimum absolute atomic E-state index is 0.0706. The van der Waals surface area contributed by atoms with Gasteiger partial charge < -0.3 is 10.2 Å². The van der Waals surface area contributed by atoms with Gasteiger partial charge in [-0.25, -0.2) is 0 Å². The highest BCUT2D eigenvalue weighted by atomic mass is 16.2. The molecule has 1 fully saturated rings. The van der Waals surface area contributed by atoms with E-state index in [-0.39, 0.29) is 18.4 Å². The number of carbonyl (C=O) groups is 1. The third-order valence-electron chi connectivity index (χ3n) is 2.78. The number of terminal acetylenes is 1. The molecule has 3 heteroatoms. The van der Waals surface area contributed by atoms with Crippen molar-refractivity contribution in [1.29, 1.82) is 0 Å². The van der Waals surface area contributed by atoms with Crippen LogP contribution in [0.25, 0.3) is 0 Å². The average molecular weight is 208 g/mol. The molecule has 84 valence electrons. The molecule has 15 heavy (non-hydrogen) atoms. The Morgan fingerprint density at radius 3 is 2.87 bits per heavy atom. The zero-order chi connectivity index (χ0) is 11.3. The molecule has 1 heterocycles. The van der Waals surface area contributed by atoms with Gasteiger partial charge in [0, 0.05) is 18.6 Å². The summed E-state index contributed by atoms with van der Waals surface area (Å²) in [5.74, 6) is 2.49. The van der Waals surface area contributed by atoms with E-state index in [0.717, 1.165) is 19.5 Å². The molecular formula is C12H20N2O. The summed E-state index contributed by atoms with van der Waals surface area (Å²) in [6.07, 6.45) is 7.74. The van der Waals surface area contributed by atoms with Crippen molar-refractivity contribution in [3.63, 3.8) is 0 Å². The second-order valence-corrected chi connectivity index (χ2v) is 4.31. The van der Waals surface area contributed by atoms with Crippen LogP contribution in [0.2, 0.25) is 0 Å². The zero-order valence-corrected chi connectivity index (χ0v) is 9.62. The van der Waals surface area contributed by atoms with Crippen LogP contribution in [-0.4, -0.2) is 36.0 Å². The molecule has 1 rings (SSSR count). The van der Waals surface area contributed by atoms with Gasteiger partial charge in [0.15, 0.2) is 0 Å². The van der Waals surface area contributed by atoms with Gasteiger partial charge in [0.25, 0.3) is 0 Å². The highest BCUT2D eigenvalue weighted by Crippen LogP contribution is 2.10. The average Bonchev–Trinajstić information content (AvgIpc) is 2.66. The lowest BCUT2D eigenvalue weighted by atomic mass is 10.2. The highest BCUT2D eigenvalue weighted by molar-refractivity contribution is 5.78. The first-order valence-electron chi connectivity index (χ1n) is 5.61. The summed E-state index contributed by atoms with van der Waals surface area (Å²) in [4.78, 5) is 13.6. The number of nitrogens with zero attached hydrogens (tertiary/aromatic N) is 1. The molecule has 1 aliphatic rings. The topological polar surface area (TPSA) is 32.3 Å². The molecule has 0 aromatic rings. The molecule has 1 amide bonds. The van der Waals surface area contributed by atoms with E-state index in [9.17, 15) is 4.79 Å². The lowest BCUT2D eigenvalue weighted by molar-refractivity contribution is -0.132. The molecule has 0 saturated carbocycles. The van der Waals surface area contributed by atoms with Crippen LogP contribution in [0.4, 0.5) is 0 Å². The van der Waals surface area contributed by atoms with Crippen LogP contribution >= 0.6 is 0 Å². The van der Waals surface area contributed by atoms with E-state index in [1.807, 2.05) is 18.7 Å². The fraction of sp³-hybridized carbons (Fsp3) is 0.750. The van der Waals surface area contributed by atoms with Gasteiger partial charge in [-0.3, -0.25) is 4.79 Å². The lowest BCUT2D eigenvalue weighted by Crippen LogP contribution is -2.44. The molecule has 0 aliphatic carbocycles. The molecule has 0 radical (unpaired) electrons. The maximum absolute atomic E-state index is 11.7. The van der Waals surface area contributed by atoms with Crippen LogP contribution in [0.15, 0.2) is 0 Å². The first-order chi connectivity index (χ1) is 7.15. The smallest absolute Gasteiger partial charge is 0.234 e. The van der Waals surface area contributed by atoms with E-state index >= 15 is 0 Å². The molecular weight excluding hydrogens is 188 g/mol. The Balaban J connectivity index is 2.50. The molecule has 0 bridgehead atoms. The Bertz CT molecular complexity index is 249. The minimum Gasteiger partial charge on any atom is -0.338 e. The summed E-state index contributed by atoms with van der Waals surface area (Å²) in [6, 6.07) is 0.683. The van der Waals surface area contributed by atoms with E-state index in [0.29, 0.717) is 6.04 Å². The summed E-state index contributed by atoms with van der Waals surface area (Å²) in [7, 11) is 0. The van der Waals surface area contributed by atoms with Crippen molar-refractivity contribution in [1.82, 2.24) is 10.2 Å². The molecule has 0 spiro atoms. The monoisotopic (exact) mass is 208 g/mol. The Morgan fingerprint density at radius 2 is 2.40 bits per heavy atom. The van der Waals surface area contributed by atoms with E-state index < -0.39 is 0 Å². The van der Waals surface area contributed by atoms with Gasteiger partial charge in [0.2, 0.25) is 5.91 Å². The number of rotatable bonds is 4. The number of hydrogen-bond acceptors (Lipinski definition) is 2. The first-order valence-corrected chi connectivity index (χ1v) is 5.61. The maximum atomic E-state index is 11.7. The summed E-state index contributed by atoms with van der Waals surface area (Å²) in [5.41, 5.74) is 0. The van der Waals surface area contributed by atoms with Gasteiger partial charge in [-0.15, -0.1) is 6.42 Å². The van der Waals surface area contributed by atoms with Crippen molar-refractivity contribution in [3.05, 3.63) is 0 Å². The SMILES string of the molecule is C#CCC(=O)N(CC1CCCN1)C(C)C. The fourth-order valence-electron chi connectivity index (χ4n) is 1.94. The van der Waals surface area contributed by atoms with Crippen molar-refractivity contribution in [2.45, 2.75) is 45.2 Å². The van der Waals surface area contributed by atoms with Crippen LogP contribution in [0.1, 0.15) is 33.1 Å². The van der Waals surface area contributed by atoms with Crippen molar-refractivity contribution in [3.8, 4) is 12.3 Å². The van der Waals surface area contributed by atoms with E-state index in [4.69, 9.17) is 6.42 Å². The van der Waals surface area contributed by atoms with Gasteiger partial charge in [0.1, 0.15) is 0 Å². The number of carbonyl (C=O) groups excluding carboxylic acids is 1. The molecule has 1 N–H and O–H groups in total. The van der Waals surface area contributed by atoms with Crippen molar-refractivity contribution in [2.75, 3.05) is 13.1 Å². The predicted octanol–water partition coefficient (Wildman–Crippen LogP) is 0.999. The Hall–Kier alpha value is -1.01. The summed E-state index contributed by atoms with van der Waals surface area (Å²) < 4.78 is 0. The van der Waals surface area contributed by atoms with Crippen LogP contribution in [0, 0.1) is 12.3 Å². The predicted molar refractivity (Wildman–Crippen MR) is 61.3 cm³/mol. The lowest BCUT2D eigenvalue weighted by Gasteiger charge is -2.29. The van der Waals surface area contributed by atoms with E-state index in [1.54, 1.807) is 0 Å². The molecule has 1 saturated heterocycles. The third kappa shape index (κ3) is 3.56. The second kappa shape index (κ2) is 5.77. The largest absolute Gasteiger partial charge is 0.338 e. The van der Waals surface area contributed by atoms with E-state index in [2.05, 4.69) is 11.2 Å². The second-order valence-electron chi connectivity index (χ2n) is 4.31. The fourth-order valence-corrected chi connectivity index (χ4v) is 1.94. The summed E-state index contributed by atoms with van der Waals surface area (Å²) >= 11 is 0. The number of nitrogens with one attached hydrogen (secondary N) is 1. The Morgan fingerprint density at radius 1 is 1.67 bits per heavy atom. The van der Waals surface area contributed by atoms with Crippen LogP contribution in [0.3, 0.4) is 0 Å². The maximum Gasteiger partial charge on any atom is 0.234 e. The third-order valence-corrected chi connectivity index (χ3v) is 2.78. The van der Waals surface area contributed by atoms with Gasteiger partial charge >= 0.3 is 0 Å². The van der Waals surface area contributed by atoms with Crippen molar-refractivity contribution < 1.29 is 4.79 Å². The zero-order valence-electron chi connectivity index (χ0n) is 9.62. The minimum atomic E-state index is 0.0706. The van der Waals surface area contributed by atoms with E-state index in [1.165, 1.54) is 6.42 Å². The molecule has 0 aromatic carbocycles. The van der Waals surface area contributed by atoms with Crippen molar-refractivity contribution >= 4 is 5.91 Å². The summed E-state index contributed by atoms with van der Waals surface area (Å²) in [5, 5.41) is 3.39. The molecule has 3 nitrogen and oxygen atoms in total. The normalized spacial score (nSPS) is 20.3. The van der Waals surface area contributed by atoms with Crippen LogP contribution < -0.4 is 5.32 Å². The van der Waals surface area contributed by atoms with Gasteiger partial charge in [0.05, 0.1) is 6.42 Å². The highest BCUT2D eigenvalue weighted by Gasteiger charge is 2.22.